The maximum absolute atomic E-state index is 6.91. The molecule has 0 unspecified atom stereocenters. The highest BCUT2D eigenvalue weighted by atomic mass is 16.3. The minimum Gasteiger partial charge on any atom is -0.456 e. The number of hydrogen-bond acceptors (Lipinski definition) is 3. The molecule has 0 amide bonds. The van der Waals surface area contributed by atoms with Crippen molar-refractivity contribution in [2.75, 3.05) is 4.90 Å². The first-order chi connectivity index (χ1) is 27.5. The third-order valence-electron chi connectivity index (χ3n) is 12.2. The molecule has 0 saturated heterocycles. The molecule has 9 aromatic carbocycles. The number of benzene rings is 9. The van der Waals surface area contributed by atoms with Crippen LogP contribution in [0.15, 0.2) is 185 Å². The smallest absolute Gasteiger partial charge is 0.143 e. The van der Waals surface area contributed by atoms with Crippen LogP contribution in [0.2, 0.25) is 0 Å². The van der Waals surface area contributed by atoms with Gasteiger partial charge >= 0.3 is 0 Å². The topological polar surface area (TPSA) is 29.5 Å². The van der Waals surface area contributed by atoms with Crippen molar-refractivity contribution >= 4 is 82.5 Å². The Labute approximate surface area is 323 Å². The lowest BCUT2D eigenvalue weighted by atomic mass is 9.82. The van der Waals surface area contributed by atoms with Gasteiger partial charge in [-0.2, -0.15) is 0 Å². The lowest BCUT2D eigenvalue weighted by molar-refractivity contribution is 0.660. The zero-order valence-electron chi connectivity index (χ0n) is 31.0. The van der Waals surface area contributed by atoms with E-state index in [0.29, 0.717) is 0 Å². The molecule has 0 radical (unpaired) electrons. The van der Waals surface area contributed by atoms with Crippen LogP contribution in [0.3, 0.4) is 0 Å². The molecule has 0 bridgehead atoms. The fourth-order valence-corrected chi connectivity index (χ4v) is 9.45. The van der Waals surface area contributed by atoms with Gasteiger partial charge in [0.05, 0.1) is 0 Å². The second kappa shape index (κ2) is 11.5. The van der Waals surface area contributed by atoms with Crippen molar-refractivity contribution in [1.82, 2.24) is 0 Å². The molecule has 264 valence electrons. The summed E-state index contributed by atoms with van der Waals surface area (Å²) in [6, 6.07) is 63.6. The zero-order valence-corrected chi connectivity index (χ0v) is 31.0. The van der Waals surface area contributed by atoms with E-state index in [9.17, 15) is 0 Å². The van der Waals surface area contributed by atoms with Crippen LogP contribution in [-0.2, 0) is 5.41 Å². The quantitative estimate of drug-likeness (QED) is 0.182. The molecule has 0 spiro atoms. The largest absolute Gasteiger partial charge is 0.456 e. The van der Waals surface area contributed by atoms with Crippen LogP contribution in [0.5, 0.6) is 0 Å². The van der Waals surface area contributed by atoms with Crippen LogP contribution in [0, 0.1) is 0 Å². The van der Waals surface area contributed by atoms with E-state index in [1.54, 1.807) is 0 Å². The summed E-state index contributed by atoms with van der Waals surface area (Å²) in [6.45, 7) is 4.69. The fraction of sp³-hybridized carbons (Fsp3) is 0.0566. The summed E-state index contributed by atoms with van der Waals surface area (Å²) >= 11 is 0. The lowest BCUT2D eigenvalue weighted by Crippen LogP contribution is -2.16. The summed E-state index contributed by atoms with van der Waals surface area (Å²) in [6.07, 6.45) is 0. The molecule has 12 rings (SSSR count). The van der Waals surface area contributed by atoms with Gasteiger partial charge in [0.2, 0.25) is 0 Å². The molecule has 3 nitrogen and oxygen atoms in total. The molecule has 1 aliphatic rings. The first-order valence-electron chi connectivity index (χ1n) is 19.3. The predicted octanol–water partition coefficient (Wildman–Crippen LogP) is 15.2. The summed E-state index contributed by atoms with van der Waals surface area (Å²) in [5.74, 6) is 0. The van der Waals surface area contributed by atoms with E-state index < -0.39 is 0 Å². The predicted molar refractivity (Wildman–Crippen MR) is 234 cm³/mol. The number of para-hydroxylation sites is 1. The summed E-state index contributed by atoms with van der Waals surface area (Å²) in [5.41, 5.74) is 14.4. The van der Waals surface area contributed by atoms with E-state index in [0.717, 1.165) is 77.3 Å². The van der Waals surface area contributed by atoms with Crippen molar-refractivity contribution in [3.8, 4) is 22.3 Å². The van der Waals surface area contributed by atoms with Gasteiger partial charge in [0, 0.05) is 55.5 Å². The minimum atomic E-state index is -0.117. The number of anilines is 3. The Morgan fingerprint density at radius 1 is 0.375 bits per heavy atom. The summed E-state index contributed by atoms with van der Waals surface area (Å²) in [7, 11) is 0. The van der Waals surface area contributed by atoms with Crippen LogP contribution in [0.4, 0.5) is 17.1 Å². The van der Waals surface area contributed by atoms with Crippen LogP contribution >= 0.6 is 0 Å². The van der Waals surface area contributed by atoms with Crippen molar-refractivity contribution in [1.29, 1.82) is 0 Å². The molecule has 11 aromatic rings. The Hall–Kier alpha value is -7.10. The average Bonchev–Trinajstić information content (AvgIpc) is 3.88. The molecule has 0 saturated carbocycles. The van der Waals surface area contributed by atoms with E-state index in [4.69, 9.17) is 8.83 Å². The van der Waals surface area contributed by atoms with Gasteiger partial charge in [-0.15, -0.1) is 0 Å². The standard InChI is InChI=1S/C53H35NO2/c1-53(2)47-17-9-7-14-39(47)40-24-22-36(29-48(40)53)54(35-21-19-32-11-3-4-12-33(32)27-35)37-23-25-42-46-31-44(38-13-5-6-16-43(38)52(46)56-51(42)30-37)34-20-26-50-45(28-34)41-15-8-10-18-49(41)55-50/h3-31H,1-2H3. The number of furan rings is 2. The lowest BCUT2D eigenvalue weighted by Gasteiger charge is -2.28. The molecule has 3 heteroatoms. The first kappa shape index (κ1) is 31.3. The third-order valence-corrected chi connectivity index (χ3v) is 12.2. The van der Waals surface area contributed by atoms with Gasteiger partial charge < -0.3 is 13.7 Å². The molecular formula is C53H35NO2. The van der Waals surface area contributed by atoms with Crippen LogP contribution in [-0.4, -0.2) is 0 Å². The molecular weight excluding hydrogens is 683 g/mol. The summed E-state index contributed by atoms with van der Waals surface area (Å²) < 4.78 is 13.1. The molecule has 2 aromatic heterocycles. The average molecular weight is 718 g/mol. The van der Waals surface area contributed by atoms with Gasteiger partial charge in [0.25, 0.3) is 0 Å². The number of nitrogens with zero attached hydrogens (tertiary/aromatic N) is 1. The van der Waals surface area contributed by atoms with E-state index in [1.165, 1.54) is 38.6 Å². The maximum atomic E-state index is 6.91. The highest BCUT2D eigenvalue weighted by molar-refractivity contribution is 6.20. The van der Waals surface area contributed by atoms with E-state index in [1.807, 2.05) is 12.1 Å². The van der Waals surface area contributed by atoms with Crippen LogP contribution in [0.1, 0.15) is 25.0 Å². The molecule has 0 atom stereocenters. The molecule has 1 aliphatic carbocycles. The van der Waals surface area contributed by atoms with Crippen molar-refractivity contribution in [3.05, 3.63) is 187 Å². The first-order valence-corrected chi connectivity index (χ1v) is 19.3. The highest BCUT2D eigenvalue weighted by Crippen LogP contribution is 2.51. The van der Waals surface area contributed by atoms with Gasteiger partial charge in [-0.1, -0.05) is 123 Å². The Morgan fingerprint density at radius 2 is 1.04 bits per heavy atom. The Bertz CT molecular complexity index is 3420. The molecule has 0 fully saturated rings. The normalized spacial score (nSPS) is 13.3. The van der Waals surface area contributed by atoms with Crippen molar-refractivity contribution in [2.45, 2.75) is 19.3 Å². The molecule has 0 aliphatic heterocycles. The zero-order chi connectivity index (χ0) is 37.1. The minimum absolute atomic E-state index is 0.117. The Kier molecular flexibility index (Phi) is 6.40. The monoisotopic (exact) mass is 717 g/mol. The summed E-state index contributed by atoms with van der Waals surface area (Å²) in [5, 5.41) is 9.13. The highest BCUT2D eigenvalue weighted by Gasteiger charge is 2.35. The van der Waals surface area contributed by atoms with Gasteiger partial charge in [-0.05, 0) is 110 Å². The number of fused-ring (bicyclic) bond motifs is 12. The van der Waals surface area contributed by atoms with Gasteiger partial charge in [0.15, 0.2) is 0 Å². The Morgan fingerprint density at radius 3 is 1.95 bits per heavy atom. The van der Waals surface area contributed by atoms with Gasteiger partial charge in [0.1, 0.15) is 22.3 Å². The van der Waals surface area contributed by atoms with E-state index >= 15 is 0 Å². The Balaban J connectivity index is 1.06. The molecule has 2 heterocycles. The fourth-order valence-electron chi connectivity index (χ4n) is 9.45. The van der Waals surface area contributed by atoms with Crippen molar-refractivity contribution < 1.29 is 8.83 Å². The van der Waals surface area contributed by atoms with Crippen LogP contribution < -0.4 is 4.90 Å². The van der Waals surface area contributed by atoms with Crippen molar-refractivity contribution in [3.63, 3.8) is 0 Å². The SMILES string of the molecule is CC1(C)c2ccccc2-c2ccc(N(c3ccc4ccccc4c3)c3ccc4c(c3)oc3c5ccccc5c(-c5ccc6oc7ccccc7c6c5)cc43)cc21. The second-order valence-electron chi connectivity index (χ2n) is 15.7. The van der Waals surface area contributed by atoms with E-state index in [2.05, 4.69) is 183 Å². The molecule has 56 heavy (non-hydrogen) atoms. The van der Waals surface area contributed by atoms with Crippen LogP contribution in [0.25, 0.3) is 87.7 Å². The number of rotatable bonds is 4. The molecule has 0 N–H and O–H groups in total. The van der Waals surface area contributed by atoms with E-state index in [-0.39, 0.29) is 5.41 Å². The maximum Gasteiger partial charge on any atom is 0.143 e. The second-order valence-corrected chi connectivity index (χ2v) is 15.7. The summed E-state index contributed by atoms with van der Waals surface area (Å²) in [4.78, 5) is 2.38. The van der Waals surface area contributed by atoms with Gasteiger partial charge in [-0.3, -0.25) is 0 Å². The number of hydrogen-bond donors (Lipinski definition) is 0. The van der Waals surface area contributed by atoms with Gasteiger partial charge in [-0.25, -0.2) is 0 Å². The third kappa shape index (κ3) is 4.46. The van der Waals surface area contributed by atoms with Crippen molar-refractivity contribution in [2.24, 2.45) is 0 Å².